The fourth-order valence-corrected chi connectivity index (χ4v) is 3.44. The minimum Gasteiger partial charge on any atom is -0.493 e. The summed E-state index contributed by atoms with van der Waals surface area (Å²) in [5.74, 6) is 1.75. The predicted molar refractivity (Wildman–Crippen MR) is 104 cm³/mol. The van der Waals surface area contributed by atoms with Crippen LogP contribution in [0.25, 0.3) is 0 Å². The van der Waals surface area contributed by atoms with E-state index in [4.69, 9.17) is 14.2 Å². The molecule has 1 aromatic carbocycles. The van der Waals surface area contributed by atoms with Crippen molar-refractivity contribution in [2.24, 2.45) is 0 Å². The third-order valence-corrected chi connectivity index (χ3v) is 4.98. The largest absolute Gasteiger partial charge is 0.493 e. The first kappa shape index (κ1) is 20.1. The van der Waals surface area contributed by atoms with E-state index in [-0.39, 0.29) is 11.9 Å². The molecule has 1 unspecified atom stereocenters. The molecule has 0 aliphatic heterocycles. The smallest absolute Gasteiger partial charge is 0.225 e. The monoisotopic (exact) mass is 378 g/mol. The molecule has 1 heterocycles. The molecular weight excluding hydrogens is 352 g/mol. The lowest BCUT2D eigenvalue weighted by Gasteiger charge is -2.26. The molecule has 6 nitrogen and oxygen atoms in total. The number of carbonyl (C=O) groups excluding carboxylic acids is 1. The lowest BCUT2D eigenvalue weighted by molar-refractivity contribution is -0.120. The van der Waals surface area contributed by atoms with E-state index in [1.165, 1.54) is 0 Å². The van der Waals surface area contributed by atoms with Crippen molar-refractivity contribution >= 4 is 17.2 Å². The number of nitrogens with zero attached hydrogens (tertiary/aromatic N) is 1. The molecule has 1 atom stereocenters. The van der Waals surface area contributed by atoms with Gasteiger partial charge in [-0.25, -0.2) is 0 Å². The van der Waals surface area contributed by atoms with Crippen LogP contribution in [0.4, 0.5) is 0 Å². The fraction of sp³-hybridized carbons (Fsp3) is 0.421. The van der Waals surface area contributed by atoms with Crippen molar-refractivity contribution in [1.82, 2.24) is 10.2 Å². The third-order valence-electron chi connectivity index (χ3n) is 4.10. The maximum atomic E-state index is 12.2. The van der Waals surface area contributed by atoms with Gasteiger partial charge in [0.05, 0.1) is 33.8 Å². The summed E-state index contributed by atoms with van der Waals surface area (Å²) in [6, 6.07) is 7.71. The lowest BCUT2D eigenvalue weighted by atomic mass is 10.0. The Morgan fingerprint density at radius 1 is 1.15 bits per heavy atom. The third kappa shape index (κ3) is 4.89. The molecule has 7 heteroatoms. The average molecular weight is 378 g/mol. The Labute approximate surface area is 158 Å². The van der Waals surface area contributed by atoms with Gasteiger partial charge in [0, 0.05) is 11.4 Å². The van der Waals surface area contributed by atoms with Crippen molar-refractivity contribution in [1.29, 1.82) is 0 Å². The van der Waals surface area contributed by atoms with Crippen molar-refractivity contribution in [3.05, 3.63) is 40.1 Å². The molecule has 1 aromatic heterocycles. The zero-order valence-corrected chi connectivity index (χ0v) is 16.7. The van der Waals surface area contributed by atoms with Crippen LogP contribution in [-0.2, 0) is 11.2 Å². The molecule has 2 aromatic rings. The van der Waals surface area contributed by atoms with Crippen molar-refractivity contribution in [3.63, 3.8) is 0 Å². The van der Waals surface area contributed by atoms with Crippen LogP contribution in [0.5, 0.6) is 17.2 Å². The first-order chi connectivity index (χ1) is 12.5. The molecule has 0 fully saturated rings. The molecule has 0 bridgehead atoms. The average Bonchev–Trinajstić information content (AvgIpc) is 3.13. The highest BCUT2D eigenvalue weighted by atomic mass is 32.1. The van der Waals surface area contributed by atoms with Crippen LogP contribution in [0.15, 0.2) is 29.6 Å². The second kappa shape index (κ2) is 9.45. The molecule has 0 saturated carbocycles. The van der Waals surface area contributed by atoms with Gasteiger partial charge in [-0.2, -0.15) is 0 Å². The van der Waals surface area contributed by atoms with Gasteiger partial charge in [0.2, 0.25) is 11.7 Å². The van der Waals surface area contributed by atoms with Crippen molar-refractivity contribution in [2.45, 2.75) is 12.5 Å². The molecule has 0 radical (unpaired) electrons. The summed E-state index contributed by atoms with van der Waals surface area (Å²) in [6.45, 7) is 0.482. The number of ether oxygens (including phenoxy) is 3. The Hall–Kier alpha value is -2.25. The number of benzene rings is 1. The summed E-state index contributed by atoms with van der Waals surface area (Å²) in [7, 11) is 8.70. The van der Waals surface area contributed by atoms with Gasteiger partial charge >= 0.3 is 0 Å². The van der Waals surface area contributed by atoms with E-state index in [0.29, 0.717) is 30.2 Å². The number of rotatable bonds is 9. The van der Waals surface area contributed by atoms with Crippen molar-refractivity contribution in [2.75, 3.05) is 42.0 Å². The van der Waals surface area contributed by atoms with Gasteiger partial charge in [0.25, 0.3) is 0 Å². The predicted octanol–water partition coefficient (Wildman–Crippen LogP) is 2.74. The van der Waals surface area contributed by atoms with E-state index in [9.17, 15) is 4.79 Å². The summed E-state index contributed by atoms with van der Waals surface area (Å²) >= 11 is 1.58. The summed E-state index contributed by atoms with van der Waals surface area (Å²) in [4.78, 5) is 15.3. The molecule has 0 saturated heterocycles. The van der Waals surface area contributed by atoms with E-state index in [2.05, 4.69) is 5.32 Å². The molecule has 0 spiro atoms. The van der Waals surface area contributed by atoms with Crippen LogP contribution in [0.2, 0.25) is 0 Å². The van der Waals surface area contributed by atoms with Gasteiger partial charge in [-0.05, 0) is 43.2 Å². The topological polar surface area (TPSA) is 60.0 Å². The van der Waals surface area contributed by atoms with Gasteiger partial charge in [-0.1, -0.05) is 6.07 Å². The number of thiophene rings is 1. The van der Waals surface area contributed by atoms with Gasteiger partial charge in [0.15, 0.2) is 11.5 Å². The first-order valence-corrected chi connectivity index (χ1v) is 9.13. The highest BCUT2D eigenvalue weighted by Gasteiger charge is 2.21. The minimum atomic E-state index is -0.0315. The molecule has 2 rings (SSSR count). The molecule has 26 heavy (non-hydrogen) atoms. The zero-order valence-electron chi connectivity index (χ0n) is 15.9. The van der Waals surface area contributed by atoms with Gasteiger partial charge in [0.1, 0.15) is 0 Å². The Morgan fingerprint density at radius 2 is 1.81 bits per heavy atom. The van der Waals surface area contributed by atoms with E-state index in [0.717, 1.165) is 10.4 Å². The Bertz CT molecular complexity index is 691. The van der Waals surface area contributed by atoms with E-state index in [1.807, 2.05) is 48.6 Å². The maximum Gasteiger partial charge on any atom is 0.225 e. The standard InChI is InChI=1S/C19H26N2O4S/c1-21(2)15(12-20-18(22)11-14-7-6-8-26-14)13-9-16(23-3)19(25-5)17(10-13)24-4/h6-10,15H,11-12H2,1-5H3,(H,20,22). The molecular formula is C19H26N2O4S. The Kier molecular flexibility index (Phi) is 7.29. The molecule has 1 amide bonds. The van der Waals surface area contributed by atoms with Crippen LogP contribution in [-0.4, -0.2) is 52.8 Å². The first-order valence-electron chi connectivity index (χ1n) is 8.25. The van der Waals surface area contributed by atoms with Crippen LogP contribution >= 0.6 is 11.3 Å². The van der Waals surface area contributed by atoms with Gasteiger partial charge < -0.3 is 24.4 Å². The normalized spacial score (nSPS) is 11.9. The molecule has 1 N–H and O–H groups in total. The second-order valence-corrected chi connectivity index (χ2v) is 7.03. The van der Waals surface area contributed by atoms with Crippen LogP contribution < -0.4 is 19.5 Å². The highest BCUT2D eigenvalue weighted by Crippen LogP contribution is 2.40. The van der Waals surface area contributed by atoms with E-state index < -0.39 is 0 Å². The number of methoxy groups -OCH3 is 3. The second-order valence-electron chi connectivity index (χ2n) is 6.00. The number of nitrogens with one attached hydrogen (secondary N) is 1. The number of carbonyl (C=O) groups is 1. The summed E-state index contributed by atoms with van der Waals surface area (Å²) in [5.41, 5.74) is 0.973. The summed E-state index contributed by atoms with van der Waals surface area (Å²) in [5, 5.41) is 4.99. The minimum absolute atomic E-state index is 0.00624. The SMILES string of the molecule is COc1cc(C(CNC(=O)Cc2cccs2)N(C)C)cc(OC)c1OC. The molecule has 0 aliphatic carbocycles. The van der Waals surface area contributed by atoms with Gasteiger partial charge in [-0.3, -0.25) is 4.79 Å². The number of hydrogen-bond acceptors (Lipinski definition) is 6. The van der Waals surface area contributed by atoms with Crippen LogP contribution in [0.1, 0.15) is 16.5 Å². The van der Waals surface area contributed by atoms with Gasteiger partial charge in [-0.15, -0.1) is 11.3 Å². The van der Waals surface area contributed by atoms with Crippen molar-refractivity contribution < 1.29 is 19.0 Å². The maximum absolute atomic E-state index is 12.2. The van der Waals surface area contributed by atoms with E-state index >= 15 is 0 Å². The van der Waals surface area contributed by atoms with Crippen LogP contribution in [0, 0.1) is 0 Å². The quantitative estimate of drug-likeness (QED) is 0.727. The molecule has 142 valence electrons. The number of amides is 1. The van der Waals surface area contributed by atoms with Crippen LogP contribution in [0.3, 0.4) is 0 Å². The zero-order chi connectivity index (χ0) is 19.1. The number of likely N-dealkylation sites (N-methyl/N-ethyl adjacent to an activating group) is 1. The fourth-order valence-electron chi connectivity index (χ4n) is 2.74. The summed E-state index contributed by atoms with van der Waals surface area (Å²) in [6.07, 6.45) is 0.396. The number of hydrogen-bond donors (Lipinski definition) is 1. The highest BCUT2D eigenvalue weighted by molar-refractivity contribution is 7.10. The lowest BCUT2D eigenvalue weighted by Crippen LogP contribution is -2.35. The van der Waals surface area contributed by atoms with E-state index in [1.54, 1.807) is 32.7 Å². The molecule has 0 aliphatic rings. The Balaban J connectivity index is 2.17. The van der Waals surface area contributed by atoms with Crippen molar-refractivity contribution in [3.8, 4) is 17.2 Å². The Morgan fingerprint density at radius 3 is 2.27 bits per heavy atom. The summed E-state index contributed by atoms with van der Waals surface area (Å²) < 4.78 is 16.2.